The van der Waals surface area contributed by atoms with E-state index < -0.39 is 5.54 Å². The van der Waals surface area contributed by atoms with Crippen LogP contribution in [0.3, 0.4) is 0 Å². The van der Waals surface area contributed by atoms with Gasteiger partial charge in [-0.15, -0.1) is 0 Å². The van der Waals surface area contributed by atoms with E-state index in [0.29, 0.717) is 24.0 Å². The standard InChI is InChI=1S/C18H33NO2/c1-5-21-16(20)18(19-15-8-6-7-9-15)12-10-14(11-13-18)17(2,3)4/h14-15,19H,5-13H2,1-4H3. The Hall–Kier alpha value is -0.570. The van der Waals surface area contributed by atoms with Gasteiger partial charge in [-0.25, -0.2) is 0 Å². The minimum Gasteiger partial charge on any atom is -0.465 e. The monoisotopic (exact) mass is 295 g/mol. The molecule has 0 amide bonds. The van der Waals surface area contributed by atoms with Crippen molar-refractivity contribution in [2.24, 2.45) is 11.3 Å². The molecule has 0 spiro atoms. The van der Waals surface area contributed by atoms with E-state index in [1.165, 1.54) is 25.7 Å². The molecule has 2 fully saturated rings. The lowest BCUT2D eigenvalue weighted by Gasteiger charge is -2.44. The molecule has 122 valence electrons. The zero-order valence-electron chi connectivity index (χ0n) is 14.3. The minimum atomic E-state index is -0.410. The normalized spacial score (nSPS) is 31.3. The first kappa shape index (κ1) is 16.8. The van der Waals surface area contributed by atoms with E-state index in [1.807, 2.05) is 6.92 Å². The number of hydrogen-bond acceptors (Lipinski definition) is 3. The van der Waals surface area contributed by atoms with Crippen LogP contribution in [0.1, 0.15) is 79.1 Å². The Morgan fingerprint density at radius 2 is 1.71 bits per heavy atom. The fourth-order valence-electron chi connectivity index (χ4n) is 4.11. The van der Waals surface area contributed by atoms with E-state index in [0.717, 1.165) is 25.7 Å². The molecule has 0 bridgehead atoms. The Balaban J connectivity index is 2.05. The maximum atomic E-state index is 12.6. The summed E-state index contributed by atoms with van der Waals surface area (Å²) in [5.74, 6) is 0.703. The highest BCUT2D eigenvalue weighted by molar-refractivity contribution is 5.81. The van der Waals surface area contributed by atoms with E-state index in [1.54, 1.807) is 0 Å². The van der Waals surface area contributed by atoms with Crippen molar-refractivity contribution in [3.8, 4) is 0 Å². The third-order valence-corrected chi connectivity index (χ3v) is 5.57. The molecule has 0 aromatic heterocycles. The lowest BCUT2D eigenvalue weighted by Crippen LogP contribution is -2.58. The van der Waals surface area contributed by atoms with Crippen molar-refractivity contribution < 1.29 is 9.53 Å². The van der Waals surface area contributed by atoms with Crippen LogP contribution in [0.4, 0.5) is 0 Å². The van der Waals surface area contributed by atoms with E-state index in [-0.39, 0.29) is 5.97 Å². The molecule has 0 saturated heterocycles. The highest BCUT2D eigenvalue weighted by Gasteiger charge is 2.46. The van der Waals surface area contributed by atoms with Gasteiger partial charge in [0.2, 0.25) is 0 Å². The van der Waals surface area contributed by atoms with Crippen molar-refractivity contribution in [1.82, 2.24) is 5.32 Å². The summed E-state index contributed by atoms with van der Waals surface area (Å²) in [4.78, 5) is 12.6. The lowest BCUT2D eigenvalue weighted by molar-refractivity contribution is -0.154. The smallest absolute Gasteiger partial charge is 0.326 e. The molecule has 0 unspecified atom stereocenters. The van der Waals surface area contributed by atoms with Crippen molar-refractivity contribution in [2.45, 2.75) is 90.6 Å². The minimum absolute atomic E-state index is 0.00995. The molecule has 3 nitrogen and oxygen atoms in total. The van der Waals surface area contributed by atoms with Gasteiger partial charge < -0.3 is 4.74 Å². The molecule has 0 aliphatic heterocycles. The first-order chi connectivity index (χ1) is 9.87. The van der Waals surface area contributed by atoms with Crippen LogP contribution in [0.15, 0.2) is 0 Å². The third kappa shape index (κ3) is 4.00. The number of ether oxygens (including phenoxy) is 1. The number of carbonyl (C=O) groups excluding carboxylic acids is 1. The zero-order valence-corrected chi connectivity index (χ0v) is 14.3. The zero-order chi connectivity index (χ0) is 15.5. The van der Waals surface area contributed by atoms with Crippen molar-refractivity contribution in [2.75, 3.05) is 6.61 Å². The van der Waals surface area contributed by atoms with Crippen molar-refractivity contribution in [3.05, 3.63) is 0 Å². The molecule has 0 atom stereocenters. The number of hydrogen-bond donors (Lipinski definition) is 1. The van der Waals surface area contributed by atoms with Crippen LogP contribution in [0.5, 0.6) is 0 Å². The Morgan fingerprint density at radius 1 is 1.14 bits per heavy atom. The van der Waals surface area contributed by atoms with E-state index in [4.69, 9.17) is 4.74 Å². The quantitative estimate of drug-likeness (QED) is 0.795. The molecule has 2 rings (SSSR count). The number of esters is 1. The summed E-state index contributed by atoms with van der Waals surface area (Å²) in [6.45, 7) is 9.34. The molecule has 2 aliphatic carbocycles. The molecule has 3 heteroatoms. The SMILES string of the molecule is CCOC(=O)C1(NC2CCCC2)CCC(C(C)(C)C)CC1. The Bertz CT molecular complexity index is 345. The van der Waals surface area contributed by atoms with Gasteiger partial charge in [0.15, 0.2) is 0 Å². The average Bonchev–Trinajstić information content (AvgIpc) is 2.91. The molecule has 0 radical (unpaired) electrons. The largest absolute Gasteiger partial charge is 0.465 e. The van der Waals surface area contributed by atoms with E-state index >= 15 is 0 Å². The first-order valence-corrected chi connectivity index (χ1v) is 8.82. The average molecular weight is 295 g/mol. The van der Waals surface area contributed by atoms with E-state index in [2.05, 4.69) is 26.1 Å². The molecule has 0 aromatic carbocycles. The van der Waals surface area contributed by atoms with Crippen LogP contribution in [-0.2, 0) is 9.53 Å². The van der Waals surface area contributed by atoms with Crippen LogP contribution in [0.2, 0.25) is 0 Å². The highest BCUT2D eigenvalue weighted by atomic mass is 16.5. The molecule has 0 aromatic rings. The summed E-state index contributed by atoms with van der Waals surface area (Å²) in [5.41, 5.74) is -0.0685. The highest BCUT2D eigenvalue weighted by Crippen LogP contribution is 2.42. The van der Waals surface area contributed by atoms with Gasteiger partial charge in [-0.05, 0) is 56.8 Å². The van der Waals surface area contributed by atoms with Gasteiger partial charge in [-0.2, -0.15) is 0 Å². The number of nitrogens with one attached hydrogen (secondary N) is 1. The first-order valence-electron chi connectivity index (χ1n) is 8.82. The Labute approximate surface area is 130 Å². The lowest BCUT2D eigenvalue weighted by atomic mass is 9.67. The molecule has 21 heavy (non-hydrogen) atoms. The summed E-state index contributed by atoms with van der Waals surface area (Å²) in [6, 6.07) is 0.514. The summed E-state index contributed by atoms with van der Waals surface area (Å²) in [6.07, 6.45) is 9.13. The van der Waals surface area contributed by atoms with Crippen LogP contribution in [-0.4, -0.2) is 24.2 Å². The van der Waals surface area contributed by atoms with Gasteiger partial charge in [-0.1, -0.05) is 33.6 Å². The predicted octanol–water partition coefficient (Wildman–Crippen LogP) is 4.06. The molecule has 2 saturated carbocycles. The summed E-state index contributed by atoms with van der Waals surface area (Å²) < 4.78 is 5.41. The maximum Gasteiger partial charge on any atom is 0.326 e. The molecule has 1 N–H and O–H groups in total. The third-order valence-electron chi connectivity index (χ3n) is 5.57. The van der Waals surface area contributed by atoms with Crippen LogP contribution >= 0.6 is 0 Å². The number of rotatable bonds is 4. The summed E-state index contributed by atoms with van der Waals surface area (Å²) in [5, 5.41) is 3.71. The second-order valence-electron chi connectivity index (χ2n) is 8.07. The fourth-order valence-corrected chi connectivity index (χ4v) is 4.11. The molecule has 2 aliphatic rings. The number of carbonyl (C=O) groups is 1. The second-order valence-corrected chi connectivity index (χ2v) is 8.07. The summed E-state index contributed by atoms with van der Waals surface area (Å²) in [7, 11) is 0. The molecular formula is C18H33NO2. The van der Waals surface area contributed by atoms with Crippen molar-refractivity contribution >= 4 is 5.97 Å². The molecule has 0 heterocycles. The Morgan fingerprint density at radius 3 is 2.19 bits per heavy atom. The topological polar surface area (TPSA) is 38.3 Å². The van der Waals surface area contributed by atoms with E-state index in [9.17, 15) is 4.79 Å². The summed E-state index contributed by atoms with van der Waals surface area (Å²) >= 11 is 0. The van der Waals surface area contributed by atoms with Crippen LogP contribution < -0.4 is 5.32 Å². The van der Waals surface area contributed by atoms with Crippen LogP contribution in [0, 0.1) is 11.3 Å². The van der Waals surface area contributed by atoms with Gasteiger partial charge in [-0.3, -0.25) is 10.1 Å². The fraction of sp³-hybridized carbons (Fsp3) is 0.944. The van der Waals surface area contributed by atoms with Gasteiger partial charge in [0.1, 0.15) is 5.54 Å². The van der Waals surface area contributed by atoms with Gasteiger partial charge in [0, 0.05) is 6.04 Å². The molecular weight excluding hydrogens is 262 g/mol. The maximum absolute atomic E-state index is 12.6. The van der Waals surface area contributed by atoms with Crippen LogP contribution in [0.25, 0.3) is 0 Å². The second kappa shape index (κ2) is 6.68. The van der Waals surface area contributed by atoms with Gasteiger partial charge in [0.25, 0.3) is 0 Å². The van der Waals surface area contributed by atoms with Gasteiger partial charge >= 0.3 is 5.97 Å². The van der Waals surface area contributed by atoms with Crippen molar-refractivity contribution in [3.63, 3.8) is 0 Å². The van der Waals surface area contributed by atoms with Gasteiger partial charge in [0.05, 0.1) is 6.61 Å². The van der Waals surface area contributed by atoms with Crippen molar-refractivity contribution in [1.29, 1.82) is 0 Å². The Kier molecular flexibility index (Phi) is 5.34. The predicted molar refractivity (Wildman–Crippen MR) is 86.2 cm³/mol.